The molecule has 0 spiro atoms. The molecule has 2 amide bonds. The number of benzene rings is 1. The fourth-order valence-corrected chi connectivity index (χ4v) is 5.27. The molecule has 0 saturated heterocycles. The Morgan fingerprint density at radius 2 is 1.75 bits per heavy atom. The number of methoxy groups -OCH3 is 1. The Hall–Kier alpha value is -2.23. The van der Waals surface area contributed by atoms with Crippen molar-refractivity contribution in [3.8, 4) is 0 Å². The van der Waals surface area contributed by atoms with Crippen LogP contribution in [0.5, 0.6) is 0 Å². The van der Waals surface area contributed by atoms with Crippen LogP contribution in [0.15, 0.2) is 29.6 Å². The van der Waals surface area contributed by atoms with Crippen LogP contribution in [-0.2, 0) is 28.9 Å². The van der Waals surface area contributed by atoms with Crippen LogP contribution in [0.25, 0.3) is 0 Å². The van der Waals surface area contributed by atoms with Crippen LogP contribution < -0.4 is 5.32 Å². The van der Waals surface area contributed by atoms with E-state index in [0.29, 0.717) is 6.54 Å². The average molecular weight is 534 g/mol. The first kappa shape index (κ1) is 30.0. The quantitative estimate of drug-likeness (QED) is 0.300. The van der Waals surface area contributed by atoms with Gasteiger partial charge in [-0.1, -0.05) is 58.9 Å². The van der Waals surface area contributed by atoms with E-state index in [2.05, 4.69) is 50.4 Å². The van der Waals surface area contributed by atoms with Gasteiger partial charge in [-0.2, -0.15) is 0 Å². The molecule has 0 aliphatic rings. The van der Waals surface area contributed by atoms with Gasteiger partial charge in [0.25, 0.3) is 0 Å². The molecule has 36 heavy (non-hydrogen) atoms. The van der Waals surface area contributed by atoms with Gasteiger partial charge >= 0.3 is 12.0 Å². The summed E-state index contributed by atoms with van der Waals surface area (Å²) in [5.41, 5.74) is 3.32. The van der Waals surface area contributed by atoms with Crippen molar-refractivity contribution in [1.29, 1.82) is 0 Å². The molecule has 1 aromatic heterocycles. The molecule has 1 heterocycles. The number of nitrogens with one attached hydrogen (secondary N) is 1. The summed E-state index contributed by atoms with van der Waals surface area (Å²) in [6.07, 6.45) is 1.75. The molecule has 2 rings (SSSR count). The number of amides is 2. The van der Waals surface area contributed by atoms with E-state index in [1.807, 2.05) is 32.3 Å². The van der Waals surface area contributed by atoms with E-state index in [1.165, 1.54) is 23.1 Å². The lowest BCUT2D eigenvalue weighted by Crippen LogP contribution is -2.49. The van der Waals surface area contributed by atoms with E-state index < -0.39 is 20.3 Å². The van der Waals surface area contributed by atoms with Crippen LogP contribution in [-0.4, -0.2) is 55.2 Å². The maximum atomic E-state index is 12.6. The van der Waals surface area contributed by atoms with Crippen LogP contribution >= 0.6 is 11.3 Å². The Morgan fingerprint density at radius 3 is 2.28 bits per heavy atom. The molecule has 200 valence electrons. The van der Waals surface area contributed by atoms with Gasteiger partial charge in [-0.15, -0.1) is 11.3 Å². The van der Waals surface area contributed by atoms with Crippen molar-refractivity contribution in [2.75, 3.05) is 14.2 Å². The van der Waals surface area contributed by atoms with E-state index in [1.54, 1.807) is 18.4 Å². The first-order chi connectivity index (χ1) is 16.6. The van der Waals surface area contributed by atoms with Crippen molar-refractivity contribution in [3.63, 3.8) is 0 Å². The van der Waals surface area contributed by atoms with E-state index in [0.717, 1.165) is 23.5 Å². The minimum atomic E-state index is -2.24. The number of hydrogen-bond donors (Lipinski definition) is 2. The zero-order valence-electron chi connectivity index (χ0n) is 23.2. The molecule has 0 bridgehead atoms. The van der Waals surface area contributed by atoms with E-state index in [-0.39, 0.29) is 22.9 Å². The van der Waals surface area contributed by atoms with Crippen LogP contribution in [0.1, 0.15) is 62.4 Å². The summed E-state index contributed by atoms with van der Waals surface area (Å²) in [6.45, 7) is 14.6. The number of nitrogens with zero attached hydrogens (tertiary/aromatic N) is 2. The molecule has 2 atom stereocenters. The summed E-state index contributed by atoms with van der Waals surface area (Å²) in [5.74, 6) is -0.281. The maximum absolute atomic E-state index is 12.6. The van der Waals surface area contributed by atoms with Crippen molar-refractivity contribution < 1.29 is 19.1 Å². The molecule has 9 heteroatoms. The van der Waals surface area contributed by atoms with Gasteiger partial charge in [0.05, 0.1) is 24.4 Å². The first-order valence-corrected chi connectivity index (χ1v) is 16.3. The highest BCUT2D eigenvalue weighted by Crippen LogP contribution is 2.38. The van der Waals surface area contributed by atoms with Gasteiger partial charge in [0.2, 0.25) is 0 Å². The molecule has 0 aliphatic carbocycles. The molecular weight excluding hydrogens is 490 g/mol. The number of carbonyl (C=O) groups is 2. The third kappa shape index (κ3) is 8.14. The third-order valence-electron chi connectivity index (χ3n) is 7.00. The second-order valence-electron chi connectivity index (χ2n) is 11.3. The van der Waals surface area contributed by atoms with E-state index in [4.69, 9.17) is 9.72 Å². The molecule has 1 aromatic carbocycles. The summed E-state index contributed by atoms with van der Waals surface area (Å²) < 4.78 is 4.80. The molecule has 0 aliphatic heterocycles. The van der Waals surface area contributed by atoms with Crippen LogP contribution in [0.2, 0.25) is 18.1 Å². The highest BCUT2D eigenvalue weighted by Gasteiger charge is 2.37. The zero-order chi connectivity index (χ0) is 27.3. The monoisotopic (exact) mass is 533 g/mol. The van der Waals surface area contributed by atoms with Gasteiger partial charge in [-0.05, 0) is 48.0 Å². The van der Waals surface area contributed by atoms with Gasteiger partial charge in [0.15, 0.2) is 8.32 Å². The number of aromatic nitrogens is 1. The van der Waals surface area contributed by atoms with Gasteiger partial charge in [-0.25, -0.2) is 14.6 Å². The number of ether oxygens (including phenoxy) is 1. The van der Waals surface area contributed by atoms with Crippen molar-refractivity contribution >= 4 is 31.7 Å². The standard InChI is InChI=1S/C27H43N3O4SSi/c1-18(2)23(25(31)34-7)29-26(32)30(6)16-22-17-35-24(28-22)19(3)14-20-10-12-21(13-11-20)15-27(4,5)36(8,9)33/h10-13,17-19,23,33H,14-16H2,1-9H3,(H,29,32)/t19?,23-/m0/s1. The summed E-state index contributed by atoms with van der Waals surface area (Å²) in [6, 6.07) is 7.66. The fourth-order valence-electron chi connectivity index (χ4n) is 3.77. The first-order valence-electron chi connectivity index (χ1n) is 12.5. The highest BCUT2D eigenvalue weighted by atomic mass is 32.1. The third-order valence-corrected chi connectivity index (χ3v) is 11.6. The van der Waals surface area contributed by atoms with Crippen LogP contribution in [0.4, 0.5) is 4.79 Å². The summed E-state index contributed by atoms with van der Waals surface area (Å²) >= 11 is 1.60. The Balaban J connectivity index is 1.96. The van der Waals surface area contributed by atoms with Crippen LogP contribution in [0.3, 0.4) is 0 Å². The van der Waals surface area contributed by atoms with Gasteiger partial charge < -0.3 is 19.7 Å². The Labute approximate surface area is 221 Å². The predicted molar refractivity (Wildman–Crippen MR) is 149 cm³/mol. The average Bonchev–Trinajstić information content (AvgIpc) is 3.25. The van der Waals surface area contributed by atoms with Crippen molar-refractivity contribution in [3.05, 3.63) is 51.5 Å². The lowest BCUT2D eigenvalue weighted by molar-refractivity contribution is -0.144. The second-order valence-corrected chi connectivity index (χ2v) is 16.6. The topological polar surface area (TPSA) is 91.8 Å². The van der Waals surface area contributed by atoms with Crippen molar-refractivity contribution in [2.24, 2.45) is 5.92 Å². The molecule has 2 N–H and O–H groups in total. The summed E-state index contributed by atoms with van der Waals surface area (Å²) in [5, 5.41) is 5.69. The van der Waals surface area contributed by atoms with E-state index >= 15 is 0 Å². The Kier molecular flexibility index (Phi) is 10.3. The van der Waals surface area contributed by atoms with E-state index in [9.17, 15) is 14.4 Å². The van der Waals surface area contributed by atoms with Crippen LogP contribution in [0, 0.1) is 5.92 Å². The number of esters is 1. The Bertz CT molecular complexity index is 1010. The highest BCUT2D eigenvalue weighted by molar-refractivity contribution is 7.09. The zero-order valence-corrected chi connectivity index (χ0v) is 25.0. The maximum Gasteiger partial charge on any atom is 0.328 e. The van der Waals surface area contributed by atoms with Crippen molar-refractivity contribution in [2.45, 2.75) is 84.1 Å². The predicted octanol–water partition coefficient (Wildman–Crippen LogP) is 5.35. The molecule has 1 unspecified atom stereocenters. The lowest BCUT2D eigenvalue weighted by Gasteiger charge is -2.35. The van der Waals surface area contributed by atoms with Crippen molar-refractivity contribution in [1.82, 2.24) is 15.2 Å². The molecular formula is C27H43N3O4SSi. The number of hydrogen-bond acceptors (Lipinski definition) is 6. The largest absolute Gasteiger partial charge is 0.467 e. The lowest BCUT2D eigenvalue weighted by atomic mass is 9.97. The van der Waals surface area contributed by atoms with Gasteiger partial charge in [0, 0.05) is 18.3 Å². The molecule has 0 fully saturated rings. The number of urea groups is 1. The number of thiazole rings is 1. The smallest absolute Gasteiger partial charge is 0.328 e. The fraction of sp³-hybridized carbons (Fsp3) is 0.593. The number of rotatable bonds is 11. The molecule has 2 aromatic rings. The molecule has 7 nitrogen and oxygen atoms in total. The Morgan fingerprint density at radius 1 is 1.17 bits per heavy atom. The van der Waals surface area contributed by atoms with Gasteiger partial charge in [0.1, 0.15) is 6.04 Å². The molecule has 0 radical (unpaired) electrons. The SMILES string of the molecule is COC(=O)[C@@H](NC(=O)N(C)Cc1csc(C(C)Cc2ccc(CC(C)(C)[Si](C)(C)O)cc2)n1)C(C)C. The number of carbonyl (C=O) groups excluding carboxylic acids is 2. The normalized spacial score (nSPS) is 13.9. The minimum Gasteiger partial charge on any atom is -0.467 e. The summed E-state index contributed by atoms with van der Waals surface area (Å²) in [7, 11) is 0.765. The minimum absolute atomic E-state index is 0.0783. The second kappa shape index (κ2) is 12.3. The van der Waals surface area contributed by atoms with Gasteiger partial charge in [-0.3, -0.25) is 0 Å². The molecule has 0 saturated carbocycles. The summed E-state index contributed by atoms with van der Waals surface area (Å²) in [4.78, 5) is 41.4.